The monoisotopic (exact) mass is 502 g/mol. The Morgan fingerprint density at radius 2 is 1.84 bits per heavy atom. The summed E-state index contributed by atoms with van der Waals surface area (Å²) in [6.07, 6.45) is 3.67. The van der Waals surface area contributed by atoms with E-state index < -0.39 is 0 Å². The molecule has 0 saturated carbocycles. The van der Waals surface area contributed by atoms with Gasteiger partial charge in [0.15, 0.2) is 5.65 Å². The van der Waals surface area contributed by atoms with Gasteiger partial charge in [-0.1, -0.05) is 13.8 Å². The molecule has 1 aliphatic heterocycles. The molecule has 1 amide bonds. The summed E-state index contributed by atoms with van der Waals surface area (Å²) in [7, 11) is 3.87. The van der Waals surface area contributed by atoms with Crippen molar-refractivity contribution in [1.82, 2.24) is 34.4 Å². The van der Waals surface area contributed by atoms with Gasteiger partial charge in [-0.05, 0) is 71.0 Å². The van der Waals surface area contributed by atoms with Crippen LogP contribution in [0.3, 0.4) is 0 Å². The summed E-state index contributed by atoms with van der Waals surface area (Å²) in [5.74, 6) is 1.41. The Kier molecular flexibility index (Phi) is 6.43. The van der Waals surface area contributed by atoms with Gasteiger partial charge in [0.05, 0.1) is 23.3 Å². The maximum atomic E-state index is 12.9. The van der Waals surface area contributed by atoms with Gasteiger partial charge in [0.2, 0.25) is 5.91 Å². The van der Waals surface area contributed by atoms with Crippen LogP contribution in [0.4, 0.5) is 5.82 Å². The highest BCUT2D eigenvalue weighted by molar-refractivity contribution is 5.90. The van der Waals surface area contributed by atoms with Crippen LogP contribution in [0.5, 0.6) is 0 Å². The third kappa shape index (κ3) is 4.35. The Morgan fingerprint density at radius 1 is 1.14 bits per heavy atom. The first-order valence-corrected chi connectivity index (χ1v) is 13.1. The highest BCUT2D eigenvalue weighted by Crippen LogP contribution is 2.38. The van der Waals surface area contributed by atoms with Crippen molar-refractivity contribution >= 4 is 28.4 Å². The zero-order valence-electron chi connectivity index (χ0n) is 23.2. The minimum absolute atomic E-state index is 0.111. The van der Waals surface area contributed by atoms with Gasteiger partial charge in [0.1, 0.15) is 12.1 Å². The van der Waals surface area contributed by atoms with E-state index in [1.54, 1.807) is 6.33 Å². The molecule has 0 bridgehead atoms. The average molecular weight is 503 g/mol. The number of anilines is 1. The van der Waals surface area contributed by atoms with E-state index >= 15 is 0 Å². The maximum Gasteiger partial charge on any atom is 0.237 e. The number of amides is 1. The van der Waals surface area contributed by atoms with Crippen LogP contribution in [0.15, 0.2) is 24.7 Å². The smallest absolute Gasteiger partial charge is 0.237 e. The van der Waals surface area contributed by atoms with Crippen molar-refractivity contribution in [3.8, 4) is 11.3 Å². The van der Waals surface area contributed by atoms with Gasteiger partial charge in [-0.25, -0.2) is 14.5 Å². The molecule has 1 saturated heterocycles. The first-order chi connectivity index (χ1) is 17.6. The third-order valence-corrected chi connectivity index (χ3v) is 7.62. The van der Waals surface area contributed by atoms with Gasteiger partial charge in [-0.3, -0.25) is 4.79 Å². The molecule has 37 heavy (non-hydrogen) atoms. The number of fused-ring (bicyclic) bond motifs is 2. The first-order valence-electron chi connectivity index (χ1n) is 13.1. The number of piperazine rings is 1. The summed E-state index contributed by atoms with van der Waals surface area (Å²) >= 11 is 0. The summed E-state index contributed by atoms with van der Waals surface area (Å²) in [6.45, 7) is 14.9. The molecular weight excluding hydrogens is 464 g/mol. The summed E-state index contributed by atoms with van der Waals surface area (Å²) in [5.41, 5.74) is 8.65. The van der Waals surface area contributed by atoms with Gasteiger partial charge < -0.3 is 19.7 Å². The second-order valence-corrected chi connectivity index (χ2v) is 11.1. The molecule has 5 heterocycles. The molecular formula is C28H38N8O. The minimum atomic E-state index is 0.111. The molecule has 1 aliphatic rings. The minimum Gasteiger partial charge on any atom is -0.353 e. The number of carbonyl (C=O) groups excluding carboxylic acids is 1. The first kappa shape index (κ1) is 25.2. The number of H-pyrrole nitrogens is 1. The zero-order chi connectivity index (χ0) is 26.6. The lowest BCUT2D eigenvalue weighted by Crippen LogP contribution is -2.60. The van der Waals surface area contributed by atoms with E-state index in [2.05, 4.69) is 79.8 Å². The van der Waals surface area contributed by atoms with Crippen LogP contribution in [0.25, 0.3) is 27.9 Å². The Hall–Kier alpha value is -3.46. The lowest BCUT2D eigenvalue weighted by Gasteiger charge is -2.45. The van der Waals surface area contributed by atoms with Crippen LogP contribution in [0.2, 0.25) is 0 Å². The van der Waals surface area contributed by atoms with E-state index in [9.17, 15) is 4.79 Å². The van der Waals surface area contributed by atoms with Crippen molar-refractivity contribution in [1.29, 1.82) is 0 Å². The van der Waals surface area contributed by atoms with Crippen LogP contribution in [-0.2, 0) is 4.79 Å². The SMILES string of the molecule is Cc1c(-c2[nH]c3ccc(N4C[C@@H](C)N(C(=O)CN(C)C)[C@H](C)C4)nc3c2C(C)C)cn2ncnc2c1C. The third-order valence-electron chi connectivity index (χ3n) is 7.62. The fourth-order valence-corrected chi connectivity index (χ4v) is 5.83. The highest BCUT2D eigenvalue weighted by Gasteiger charge is 2.33. The Labute approximate surface area is 218 Å². The van der Waals surface area contributed by atoms with Gasteiger partial charge in [0, 0.05) is 42.5 Å². The van der Waals surface area contributed by atoms with Crippen molar-refractivity contribution in [3.63, 3.8) is 0 Å². The van der Waals surface area contributed by atoms with Crippen molar-refractivity contribution in [2.24, 2.45) is 0 Å². The van der Waals surface area contributed by atoms with Crippen LogP contribution < -0.4 is 4.90 Å². The Bertz CT molecular complexity index is 1450. The summed E-state index contributed by atoms with van der Waals surface area (Å²) < 4.78 is 1.85. The largest absolute Gasteiger partial charge is 0.353 e. The molecule has 9 heteroatoms. The number of nitrogens with zero attached hydrogens (tertiary/aromatic N) is 7. The Balaban J connectivity index is 1.53. The number of aromatic nitrogens is 5. The summed E-state index contributed by atoms with van der Waals surface area (Å²) in [5, 5.41) is 4.40. The molecule has 2 atom stereocenters. The van der Waals surface area contributed by atoms with Crippen LogP contribution in [0, 0.1) is 13.8 Å². The number of carbonyl (C=O) groups is 1. The number of likely N-dealkylation sites (N-methyl/N-ethyl adjacent to an activating group) is 1. The molecule has 196 valence electrons. The number of hydrogen-bond donors (Lipinski definition) is 1. The van der Waals surface area contributed by atoms with Crippen LogP contribution in [-0.4, -0.2) is 86.1 Å². The Morgan fingerprint density at radius 3 is 2.49 bits per heavy atom. The number of pyridine rings is 2. The fraction of sp³-hybridized carbons (Fsp3) is 0.500. The molecule has 5 rings (SSSR count). The molecule has 4 aromatic heterocycles. The van der Waals surface area contributed by atoms with Crippen molar-refractivity contribution in [3.05, 3.63) is 41.3 Å². The molecule has 0 unspecified atom stereocenters. The predicted molar refractivity (Wildman–Crippen MR) is 148 cm³/mol. The lowest BCUT2D eigenvalue weighted by atomic mass is 9.95. The molecule has 0 aromatic carbocycles. The van der Waals surface area contributed by atoms with E-state index in [0.29, 0.717) is 6.54 Å². The predicted octanol–water partition coefficient (Wildman–Crippen LogP) is 4.00. The number of rotatable bonds is 5. The fourth-order valence-electron chi connectivity index (χ4n) is 5.83. The zero-order valence-corrected chi connectivity index (χ0v) is 23.2. The second kappa shape index (κ2) is 9.45. The molecule has 1 fully saturated rings. The quantitative estimate of drug-likeness (QED) is 0.444. The number of aryl methyl sites for hydroxylation is 1. The molecule has 0 aliphatic carbocycles. The molecule has 0 radical (unpaired) electrons. The van der Waals surface area contributed by atoms with E-state index in [0.717, 1.165) is 52.4 Å². The van der Waals surface area contributed by atoms with Gasteiger partial charge >= 0.3 is 0 Å². The normalized spacial score (nSPS) is 18.6. The van der Waals surface area contributed by atoms with Crippen molar-refractivity contribution < 1.29 is 4.79 Å². The van der Waals surface area contributed by atoms with Crippen LogP contribution in [0.1, 0.15) is 50.3 Å². The lowest BCUT2D eigenvalue weighted by molar-refractivity contribution is -0.136. The van der Waals surface area contributed by atoms with E-state index in [-0.39, 0.29) is 23.9 Å². The maximum absolute atomic E-state index is 12.9. The number of hydrogen-bond acceptors (Lipinski definition) is 6. The van der Waals surface area contributed by atoms with Gasteiger partial charge in [0.25, 0.3) is 0 Å². The van der Waals surface area contributed by atoms with Crippen molar-refractivity contribution in [2.75, 3.05) is 38.6 Å². The summed E-state index contributed by atoms with van der Waals surface area (Å²) in [6, 6.07) is 4.46. The number of nitrogens with one attached hydrogen (secondary N) is 1. The van der Waals surface area contributed by atoms with Crippen molar-refractivity contribution in [2.45, 2.75) is 59.5 Å². The molecule has 4 aromatic rings. The second-order valence-electron chi connectivity index (χ2n) is 11.1. The van der Waals surface area contributed by atoms with Gasteiger partial charge in [-0.15, -0.1) is 0 Å². The standard InChI is InChI=1S/C28H38N8O/c1-16(2)25-26(21-13-35-28(29-15-30-35)20(6)19(21)5)31-22-9-10-23(32-27(22)25)34-11-17(3)36(18(4)12-34)24(37)14-33(7)8/h9-10,13,15-18,31H,11-12,14H2,1-8H3/t17-,18-/m1/s1. The molecule has 0 spiro atoms. The average Bonchev–Trinajstić information content (AvgIpc) is 3.44. The summed E-state index contributed by atoms with van der Waals surface area (Å²) in [4.78, 5) is 32.4. The van der Waals surface area contributed by atoms with E-state index in [1.165, 1.54) is 11.1 Å². The van der Waals surface area contributed by atoms with E-state index in [4.69, 9.17) is 4.98 Å². The molecule has 9 nitrogen and oxygen atoms in total. The topological polar surface area (TPSA) is 85.7 Å². The highest BCUT2D eigenvalue weighted by atomic mass is 16.2. The van der Waals surface area contributed by atoms with Crippen LogP contribution >= 0.6 is 0 Å². The number of aromatic amines is 1. The molecule has 1 N–H and O–H groups in total. The van der Waals surface area contributed by atoms with Gasteiger partial charge in [-0.2, -0.15) is 5.10 Å². The van der Waals surface area contributed by atoms with E-state index in [1.807, 2.05) is 28.4 Å².